The van der Waals surface area contributed by atoms with Crippen LogP contribution in [0.5, 0.6) is 0 Å². The second-order valence-electron chi connectivity index (χ2n) is 0.503. The van der Waals surface area contributed by atoms with Crippen molar-refractivity contribution < 1.29 is 45.1 Å². The van der Waals surface area contributed by atoms with Crippen LogP contribution in [-0.2, 0) is 0 Å². The van der Waals surface area contributed by atoms with Gasteiger partial charge >= 0.3 is 36.7 Å². The fraction of sp³-hybridized carbons (Fsp3) is 0. The Balaban J connectivity index is -0.0000000800. The zero-order chi connectivity index (χ0) is 4.28. The number of hydrogen-bond donors (Lipinski definition) is 2. The van der Waals surface area contributed by atoms with Crippen molar-refractivity contribution in [3.8, 4) is 5.97 Å². The smallest absolute Gasteiger partial charge is 0.870 e. The number of nitrogens with zero attached hydrogens (tertiary/aromatic N) is 1. The molecule has 4 nitrogen and oxygen atoms in total. The maximum absolute atomic E-state index is 7.56. The Kier molecular flexibility index (Phi) is 21.6. The van der Waals surface area contributed by atoms with Crippen LogP contribution >= 0.6 is 0 Å². The molecule has 0 aliphatic heterocycles. The topological polar surface area (TPSA) is 94.2 Å². The molecule has 7 heavy (non-hydrogen) atoms. The molecule has 0 heterocycles. The summed E-state index contributed by atoms with van der Waals surface area (Å²) in [6, 6.07) is 0. The van der Waals surface area contributed by atoms with E-state index in [9.17, 15) is 0 Å². The van der Waals surface area contributed by atoms with Gasteiger partial charge in [-0.2, -0.15) is 0 Å². The van der Waals surface area contributed by atoms with Gasteiger partial charge in [-0.15, -0.1) is 0 Å². The molecule has 0 amide bonds. The summed E-state index contributed by atoms with van der Waals surface area (Å²) in [5.74, 6) is 1.14. The molecule has 0 aromatic heterocycles. The van der Waals surface area contributed by atoms with Gasteiger partial charge in [-0.1, -0.05) is 0 Å². The van der Waals surface area contributed by atoms with Crippen LogP contribution in [0.15, 0.2) is 0 Å². The summed E-state index contributed by atoms with van der Waals surface area (Å²) in [6.07, 6.45) is 0. The van der Waals surface area contributed by atoms with Gasteiger partial charge in [0.25, 0.3) is 0 Å². The zero-order valence-electron chi connectivity index (χ0n) is 3.87. The molecule has 6 heteroatoms. The van der Waals surface area contributed by atoms with Crippen LogP contribution < -0.4 is 29.6 Å². The Morgan fingerprint density at radius 2 is 1.57 bits per heavy atom. The van der Waals surface area contributed by atoms with Crippen LogP contribution in [-0.4, -0.2) is 22.6 Å². The van der Waals surface area contributed by atoms with Crippen LogP contribution in [0, 0.1) is 11.2 Å². The van der Waals surface area contributed by atoms with Gasteiger partial charge in [0.2, 0.25) is 0 Å². The van der Waals surface area contributed by atoms with E-state index in [1.165, 1.54) is 0 Å². The van der Waals surface area contributed by atoms with Crippen LogP contribution in [0.2, 0.25) is 0 Å². The number of nitriles is 1. The molecule has 0 fully saturated rings. The van der Waals surface area contributed by atoms with E-state index in [1.807, 2.05) is 0 Å². The molecule has 0 spiro atoms. The van der Waals surface area contributed by atoms with E-state index in [1.54, 1.807) is 0 Å². The van der Waals surface area contributed by atoms with Gasteiger partial charge in [0, 0.05) is 0 Å². The van der Waals surface area contributed by atoms with Crippen molar-refractivity contribution in [1.82, 2.24) is 0 Å². The van der Waals surface area contributed by atoms with Crippen molar-refractivity contribution in [2.24, 2.45) is 0 Å². The molecule has 0 rings (SSSR count). The summed E-state index contributed by atoms with van der Waals surface area (Å²) in [6.45, 7) is 0. The molecular formula is CH3BNNaO3. The SMILES string of the molecule is N#CB(O)O.[Na+].[OH-]. The van der Waals surface area contributed by atoms with Gasteiger partial charge in [-0.25, -0.2) is 5.26 Å². The van der Waals surface area contributed by atoms with E-state index in [-0.39, 0.29) is 35.0 Å². The Morgan fingerprint density at radius 3 is 1.57 bits per heavy atom. The summed E-state index contributed by atoms with van der Waals surface area (Å²) in [7, 11) is -1.81. The van der Waals surface area contributed by atoms with E-state index in [0.717, 1.165) is 5.97 Å². The van der Waals surface area contributed by atoms with Gasteiger partial charge in [0.05, 0.1) is 5.97 Å². The quantitative estimate of drug-likeness (QED) is 0.307. The predicted octanol–water partition coefficient (Wildman–Crippen LogP) is -4.65. The van der Waals surface area contributed by atoms with Crippen molar-refractivity contribution in [3.05, 3.63) is 0 Å². The summed E-state index contributed by atoms with van der Waals surface area (Å²) in [5.41, 5.74) is 0. The molecule has 0 aliphatic carbocycles. The zero-order valence-corrected chi connectivity index (χ0v) is 5.87. The number of rotatable bonds is 0. The molecule has 3 N–H and O–H groups in total. The van der Waals surface area contributed by atoms with Gasteiger partial charge in [0.1, 0.15) is 0 Å². The van der Waals surface area contributed by atoms with E-state index in [2.05, 4.69) is 0 Å². The monoisotopic (exact) mass is 111 g/mol. The van der Waals surface area contributed by atoms with E-state index < -0.39 is 7.12 Å². The molecular weight excluding hydrogens is 108 g/mol. The molecule has 0 aromatic carbocycles. The minimum Gasteiger partial charge on any atom is -0.870 e. The maximum atomic E-state index is 7.56. The molecule has 0 atom stereocenters. The van der Waals surface area contributed by atoms with Crippen molar-refractivity contribution in [3.63, 3.8) is 0 Å². The van der Waals surface area contributed by atoms with Crippen molar-refractivity contribution in [2.75, 3.05) is 0 Å². The van der Waals surface area contributed by atoms with Crippen molar-refractivity contribution >= 4 is 7.12 Å². The van der Waals surface area contributed by atoms with Crippen LogP contribution in [0.25, 0.3) is 0 Å². The minimum atomic E-state index is -1.81. The van der Waals surface area contributed by atoms with Crippen LogP contribution in [0.4, 0.5) is 0 Å². The fourth-order valence-corrected chi connectivity index (χ4v) is 0. The second-order valence-corrected chi connectivity index (χ2v) is 0.503. The third-order valence-electron chi connectivity index (χ3n) is 0.115. The first-order valence-electron chi connectivity index (χ1n) is 1.03. The molecule has 0 saturated heterocycles. The number of hydrogen-bond acceptors (Lipinski definition) is 4. The average molecular weight is 111 g/mol. The minimum absolute atomic E-state index is 0. The van der Waals surface area contributed by atoms with E-state index in [4.69, 9.17) is 15.3 Å². The fourth-order valence-electron chi connectivity index (χ4n) is 0. The first-order chi connectivity index (χ1) is 2.27. The Hall–Kier alpha value is 0.435. The first-order valence-corrected chi connectivity index (χ1v) is 1.03. The molecule has 0 aromatic rings. The largest absolute Gasteiger partial charge is 1.00 e. The van der Waals surface area contributed by atoms with Crippen LogP contribution in [0.3, 0.4) is 0 Å². The normalized spacial score (nSPS) is 4.14. The van der Waals surface area contributed by atoms with Gasteiger partial charge < -0.3 is 15.5 Å². The molecule has 0 radical (unpaired) electrons. The van der Waals surface area contributed by atoms with Crippen molar-refractivity contribution in [1.29, 1.82) is 5.26 Å². The summed E-state index contributed by atoms with van der Waals surface area (Å²) >= 11 is 0. The third-order valence-corrected chi connectivity index (χ3v) is 0.115. The molecule has 0 saturated carbocycles. The maximum Gasteiger partial charge on any atom is 1.00 e. The average Bonchev–Trinajstić information content (AvgIpc) is 1.38. The van der Waals surface area contributed by atoms with Crippen LogP contribution in [0.1, 0.15) is 0 Å². The van der Waals surface area contributed by atoms with Crippen molar-refractivity contribution in [2.45, 2.75) is 0 Å². The summed E-state index contributed by atoms with van der Waals surface area (Å²) in [5, 5.41) is 22.5. The van der Waals surface area contributed by atoms with Gasteiger partial charge in [-0.05, 0) is 0 Å². The van der Waals surface area contributed by atoms with Gasteiger partial charge in [0.15, 0.2) is 0 Å². The molecule has 0 bridgehead atoms. The standard InChI is InChI=1S/CH2BNO2.Na.H2O/c3-1-2(4)5;;/h4-5H;;1H2/q;+1;/p-1. The van der Waals surface area contributed by atoms with E-state index >= 15 is 0 Å². The molecule has 0 unspecified atom stereocenters. The predicted molar refractivity (Wildman–Crippen MR) is 17.7 cm³/mol. The second kappa shape index (κ2) is 9.66. The Morgan fingerprint density at radius 1 is 1.43 bits per heavy atom. The Labute approximate surface area is 63.5 Å². The summed E-state index contributed by atoms with van der Waals surface area (Å²) < 4.78 is 0. The van der Waals surface area contributed by atoms with E-state index in [0.29, 0.717) is 0 Å². The molecule has 34 valence electrons. The first kappa shape index (κ1) is 15.7. The Bertz CT molecular complexity index is 60.4. The van der Waals surface area contributed by atoms with Gasteiger partial charge in [-0.3, -0.25) is 0 Å². The molecule has 0 aliphatic rings. The third kappa shape index (κ3) is 21.3. The summed E-state index contributed by atoms with van der Waals surface area (Å²) in [4.78, 5) is 0.